The summed E-state index contributed by atoms with van der Waals surface area (Å²) in [6, 6.07) is 13.1. The zero-order valence-electron chi connectivity index (χ0n) is 18.6. The Balaban J connectivity index is 1.65. The number of carbonyl (C=O) groups is 4. The molecule has 8 nitrogen and oxygen atoms in total. The van der Waals surface area contributed by atoms with Gasteiger partial charge in [-0.15, -0.1) is 0 Å². The van der Waals surface area contributed by atoms with Gasteiger partial charge in [-0.05, 0) is 48.7 Å². The lowest BCUT2D eigenvalue weighted by atomic mass is 10.2. The first-order valence-electron chi connectivity index (χ1n) is 10.5. The van der Waals surface area contributed by atoms with Crippen molar-refractivity contribution in [3.63, 3.8) is 0 Å². The minimum atomic E-state index is -0.582. The molecule has 0 unspecified atom stereocenters. The molecule has 0 aliphatic carbocycles. The van der Waals surface area contributed by atoms with E-state index in [2.05, 4.69) is 10.6 Å². The largest absolute Gasteiger partial charge is 0.462 e. The molecule has 0 saturated heterocycles. The van der Waals surface area contributed by atoms with Gasteiger partial charge in [0.15, 0.2) is 6.61 Å². The van der Waals surface area contributed by atoms with Crippen molar-refractivity contribution in [1.82, 2.24) is 0 Å². The van der Waals surface area contributed by atoms with E-state index in [0.717, 1.165) is 0 Å². The number of amides is 2. The summed E-state index contributed by atoms with van der Waals surface area (Å²) in [5, 5.41) is 5.62. The molecule has 0 fully saturated rings. The first kappa shape index (κ1) is 25.9. The molecule has 33 heavy (non-hydrogen) atoms. The monoisotopic (exact) mass is 474 g/mol. The van der Waals surface area contributed by atoms with Crippen molar-refractivity contribution in [1.29, 1.82) is 0 Å². The van der Waals surface area contributed by atoms with Crippen LogP contribution in [0.2, 0.25) is 5.02 Å². The Labute approximate surface area is 197 Å². The van der Waals surface area contributed by atoms with E-state index in [1.165, 1.54) is 0 Å². The van der Waals surface area contributed by atoms with Crippen LogP contribution in [0.5, 0.6) is 0 Å². The number of rotatable bonds is 11. The Hall–Kier alpha value is -3.39. The third kappa shape index (κ3) is 9.74. The quantitative estimate of drug-likeness (QED) is 0.466. The van der Waals surface area contributed by atoms with Crippen LogP contribution in [0.4, 0.5) is 11.4 Å². The van der Waals surface area contributed by atoms with Gasteiger partial charge in [-0.2, -0.15) is 0 Å². The van der Waals surface area contributed by atoms with E-state index in [1.54, 1.807) is 48.5 Å². The highest BCUT2D eigenvalue weighted by Gasteiger charge is 2.12. The molecule has 0 aliphatic heterocycles. The molecule has 2 amide bonds. The third-order valence-electron chi connectivity index (χ3n) is 4.25. The minimum Gasteiger partial charge on any atom is -0.462 e. The summed E-state index contributed by atoms with van der Waals surface area (Å²) < 4.78 is 10.1. The number of esters is 2. The Morgan fingerprint density at radius 3 is 2.24 bits per heavy atom. The summed E-state index contributed by atoms with van der Waals surface area (Å²) >= 11 is 5.95. The van der Waals surface area contributed by atoms with Crippen LogP contribution in [0.25, 0.3) is 0 Å². The average molecular weight is 475 g/mol. The van der Waals surface area contributed by atoms with E-state index < -0.39 is 24.5 Å². The maximum absolute atomic E-state index is 12.1. The van der Waals surface area contributed by atoms with Gasteiger partial charge in [0.1, 0.15) is 0 Å². The summed E-state index contributed by atoms with van der Waals surface area (Å²) in [6.07, 6.45) is 0.350. The van der Waals surface area contributed by atoms with E-state index in [9.17, 15) is 19.2 Å². The van der Waals surface area contributed by atoms with E-state index in [-0.39, 0.29) is 31.1 Å². The molecule has 0 bridgehead atoms. The molecular formula is C24H27ClN2O6. The van der Waals surface area contributed by atoms with E-state index in [0.29, 0.717) is 28.6 Å². The van der Waals surface area contributed by atoms with Crippen molar-refractivity contribution < 1.29 is 28.7 Å². The van der Waals surface area contributed by atoms with Crippen LogP contribution in [0, 0.1) is 5.92 Å². The predicted octanol–water partition coefficient (Wildman–Crippen LogP) is 4.44. The van der Waals surface area contributed by atoms with Gasteiger partial charge < -0.3 is 20.1 Å². The lowest BCUT2D eigenvalue weighted by molar-refractivity contribution is -0.147. The second-order valence-electron chi connectivity index (χ2n) is 7.66. The summed E-state index contributed by atoms with van der Waals surface area (Å²) in [4.78, 5) is 47.6. The smallest absolute Gasteiger partial charge is 0.338 e. The van der Waals surface area contributed by atoms with Crippen LogP contribution in [0.1, 0.15) is 43.5 Å². The van der Waals surface area contributed by atoms with Gasteiger partial charge in [-0.3, -0.25) is 14.4 Å². The number of halogens is 1. The van der Waals surface area contributed by atoms with Crippen LogP contribution in [-0.4, -0.2) is 37.0 Å². The molecule has 9 heteroatoms. The zero-order valence-corrected chi connectivity index (χ0v) is 19.3. The molecule has 2 aromatic rings. The first-order valence-corrected chi connectivity index (χ1v) is 10.9. The predicted molar refractivity (Wildman–Crippen MR) is 125 cm³/mol. The molecule has 0 radical (unpaired) electrons. The fraction of sp³-hybridized carbons (Fsp3) is 0.333. The van der Waals surface area contributed by atoms with Crippen molar-refractivity contribution in [3.8, 4) is 0 Å². The Bertz CT molecular complexity index is 975. The molecule has 176 valence electrons. The molecule has 0 aliphatic rings. The van der Waals surface area contributed by atoms with Gasteiger partial charge in [0.05, 0.1) is 22.9 Å². The second kappa shape index (κ2) is 13.2. The van der Waals surface area contributed by atoms with Crippen LogP contribution in [0.15, 0.2) is 48.5 Å². The first-order chi connectivity index (χ1) is 15.7. The number of carbonyl (C=O) groups excluding carboxylic acids is 4. The fourth-order valence-corrected chi connectivity index (χ4v) is 2.78. The lowest BCUT2D eigenvalue weighted by Crippen LogP contribution is -2.21. The van der Waals surface area contributed by atoms with Crippen molar-refractivity contribution in [2.24, 2.45) is 5.92 Å². The average Bonchev–Trinajstić information content (AvgIpc) is 2.78. The van der Waals surface area contributed by atoms with E-state index >= 15 is 0 Å². The van der Waals surface area contributed by atoms with Gasteiger partial charge in [0.2, 0.25) is 5.91 Å². The topological polar surface area (TPSA) is 111 Å². The standard InChI is InChI=1S/C24H27ClN2O6/c1-16(2)14-33-24(31)17-10-12-18(13-11-17)26-21(28)8-5-9-23(30)32-15-22(29)27-20-7-4-3-6-19(20)25/h3-4,6-7,10-13,16H,5,8-9,14-15H2,1-2H3,(H,26,28)(H,27,29). The van der Waals surface area contributed by atoms with Gasteiger partial charge in [0, 0.05) is 18.5 Å². The van der Waals surface area contributed by atoms with E-state index in [1.807, 2.05) is 13.8 Å². The van der Waals surface area contributed by atoms with Crippen molar-refractivity contribution >= 4 is 46.7 Å². The van der Waals surface area contributed by atoms with Crippen LogP contribution >= 0.6 is 11.6 Å². The molecule has 0 saturated carbocycles. The lowest BCUT2D eigenvalue weighted by Gasteiger charge is -2.09. The highest BCUT2D eigenvalue weighted by Crippen LogP contribution is 2.20. The number of nitrogens with one attached hydrogen (secondary N) is 2. The highest BCUT2D eigenvalue weighted by atomic mass is 35.5. The van der Waals surface area contributed by atoms with Gasteiger partial charge in [0.25, 0.3) is 5.91 Å². The molecule has 2 aromatic carbocycles. The normalized spacial score (nSPS) is 10.4. The minimum absolute atomic E-state index is 0.00652. The van der Waals surface area contributed by atoms with E-state index in [4.69, 9.17) is 21.1 Å². The van der Waals surface area contributed by atoms with Crippen LogP contribution < -0.4 is 10.6 Å². The van der Waals surface area contributed by atoms with Crippen molar-refractivity contribution in [2.45, 2.75) is 33.1 Å². The summed E-state index contributed by atoms with van der Waals surface area (Å²) in [6.45, 7) is 3.80. The third-order valence-corrected chi connectivity index (χ3v) is 4.58. The highest BCUT2D eigenvalue weighted by molar-refractivity contribution is 6.33. The van der Waals surface area contributed by atoms with Crippen LogP contribution in [-0.2, 0) is 23.9 Å². The van der Waals surface area contributed by atoms with Gasteiger partial charge in [-0.1, -0.05) is 37.6 Å². The number of para-hydroxylation sites is 1. The Kier molecular flexibility index (Phi) is 10.4. The SMILES string of the molecule is CC(C)COC(=O)c1ccc(NC(=O)CCCC(=O)OCC(=O)Nc2ccccc2Cl)cc1. The number of ether oxygens (including phenoxy) is 2. The molecule has 2 N–H and O–H groups in total. The summed E-state index contributed by atoms with van der Waals surface area (Å²) in [7, 11) is 0. The van der Waals surface area contributed by atoms with Crippen LogP contribution in [0.3, 0.4) is 0 Å². The molecule has 2 rings (SSSR count). The summed E-state index contributed by atoms with van der Waals surface area (Å²) in [5.41, 5.74) is 1.35. The maximum atomic E-state index is 12.1. The number of benzene rings is 2. The van der Waals surface area contributed by atoms with Crippen molar-refractivity contribution in [2.75, 3.05) is 23.8 Å². The van der Waals surface area contributed by atoms with Gasteiger partial charge in [-0.25, -0.2) is 4.79 Å². The number of anilines is 2. The van der Waals surface area contributed by atoms with Gasteiger partial charge >= 0.3 is 11.9 Å². The number of hydrogen-bond acceptors (Lipinski definition) is 6. The zero-order chi connectivity index (χ0) is 24.2. The molecule has 0 spiro atoms. The molecule has 0 aromatic heterocycles. The Morgan fingerprint density at radius 2 is 1.58 bits per heavy atom. The van der Waals surface area contributed by atoms with Crippen molar-refractivity contribution in [3.05, 3.63) is 59.1 Å². The summed E-state index contributed by atoms with van der Waals surface area (Å²) in [5.74, 6) is -1.54. The fourth-order valence-electron chi connectivity index (χ4n) is 2.60. The maximum Gasteiger partial charge on any atom is 0.338 e. The Morgan fingerprint density at radius 1 is 0.879 bits per heavy atom. The number of hydrogen-bond donors (Lipinski definition) is 2. The molecular weight excluding hydrogens is 448 g/mol. The molecule has 0 heterocycles. The second-order valence-corrected chi connectivity index (χ2v) is 8.07. The molecule has 0 atom stereocenters.